The second-order valence-electron chi connectivity index (χ2n) is 11.5. The van der Waals surface area contributed by atoms with Crippen molar-refractivity contribution in [2.45, 2.75) is 141 Å². The lowest BCUT2D eigenvalue weighted by Crippen LogP contribution is -2.28. The Morgan fingerprint density at radius 2 is 1.41 bits per heavy atom. The van der Waals surface area contributed by atoms with Crippen LogP contribution in [-0.2, 0) is 0 Å². The SMILES string of the molecule is CCCCCC[C@H](C)Oc1c(F)cc([C@H]2CC[C@H](C3CC[SiH](CCCCC)CC3)CC2)cc1F. The van der Waals surface area contributed by atoms with Crippen molar-refractivity contribution in [1.82, 2.24) is 0 Å². The molecule has 1 atom stereocenters. The Morgan fingerprint density at radius 1 is 0.824 bits per heavy atom. The molecule has 1 aliphatic heterocycles. The molecular weight excluding hydrogens is 442 g/mol. The van der Waals surface area contributed by atoms with E-state index >= 15 is 0 Å². The van der Waals surface area contributed by atoms with Gasteiger partial charge in [-0.3, -0.25) is 0 Å². The maximum Gasteiger partial charge on any atom is 0.191 e. The molecule has 194 valence electrons. The lowest BCUT2D eigenvalue weighted by molar-refractivity contribution is 0.187. The fourth-order valence-corrected chi connectivity index (χ4v) is 10.1. The summed E-state index contributed by atoms with van der Waals surface area (Å²) in [6, 6.07) is 7.80. The molecule has 0 radical (unpaired) electrons. The van der Waals surface area contributed by atoms with Gasteiger partial charge in [-0.1, -0.05) is 83.3 Å². The van der Waals surface area contributed by atoms with Gasteiger partial charge in [-0.05, 0) is 80.9 Å². The summed E-state index contributed by atoms with van der Waals surface area (Å²) in [5, 5.41) is 0. The van der Waals surface area contributed by atoms with Gasteiger partial charge in [0.15, 0.2) is 17.4 Å². The van der Waals surface area contributed by atoms with Gasteiger partial charge in [0.05, 0.1) is 6.10 Å². The summed E-state index contributed by atoms with van der Waals surface area (Å²) < 4.78 is 35.3. The van der Waals surface area contributed by atoms with Crippen molar-refractivity contribution in [2.75, 3.05) is 0 Å². The number of benzene rings is 1. The Bertz CT molecular complexity index is 685. The minimum Gasteiger partial charge on any atom is -0.485 e. The molecule has 1 aromatic carbocycles. The van der Waals surface area contributed by atoms with Gasteiger partial charge in [-0.15, -0.1) is 0 Å². The van der Waals surface area contributed by atoms with Crippen LogP contribution in [-0.4, -0.2) is 14.9 Å². The normalized spacial score (nSPS) is 26.4. The quantitative estimate of drug-likeness (QED) is 0.197. The minimum absolute atomic E-state index is 0.160. The van der Waals surface area contributed by atoms with Crippen LogP contribution in [0, 0.1) is 23.5 Å². The van der Waals surface area contributed by atoms with Gasteiger partial charge in [-0.25, -0.2) is 8.78 Å². The molecule has 0 aromatic heterocycles. The van der Waals surface area contributed by atoms with Crippen LogP contribution in [0.5, 0.6) is 5.75 Å². The molecule has 2 aliphatic rings. The zero-order chi connectivity index (χ0) is 24.3. The van der Waals surface area contributed by atoms with E-state index in [0.29, 0.717) is 5.92 Å². The Labute approximate surface area is 210 Å². The molecule has 0 N–H and O–H groups in total. The summed E-state index contributed by atoms with van der Waals surface area (Å²) in [7, 11) is -0.445. The number of ether oxygens (including phenoxy) is 1. The molecule has 0 spiro atoms. The number of halogens is 2. The van der Waals surface area contributed by atoms with Crippen LogP contribution in [0.1, 0.15) is 122 Å². The molecule has 4 heteroatoms. The zero-order valence-electron chi connectivity index (χ0n) is 22.2. The first kappa shape index (κ1) is 27.7. The van der Waals surface area contributed by atoms with Crippen LogP contribution < -0.4 is 4.74 Å². The minimum atomic E-state index is -0.524. The van der Waals surface area contributed by atoms with Gasteiger partial charge in [-0.2, -0.15) is 0 Å². The average molecular weight is 493 g/mol. The Morgan fingerprint density at radius 3 is 2.03 bits per heavy atom. The number of rotatable bonds is 13. The van der Waals surface area contributed by atoms with Crippen molar-refractivity contribution in [2.24, 2.45) is 11.8 Å². The topological polar surface area (TPSA) is 9.23 Å². The molecule has 34 heavy (non-hydrogen) atoms. The third-order valence-electron chi connectivity index (χ3n) is 8.82. The summed E-state index contributed by atoms with van der Waals surface area (Å²) in [5.74, 6) is 0.820. The van der Waals surface area contributed by atoms with E-state index in [2.05, 4.69) is 13.8 Å². The Balaban J connectivity index is 1.45. The average Bonchev–Trinajstić information content (AvgIpc) is 2.85. The highest BCUT2D eigenvalue weighted by Gasteiger charge is 2.32. The fourth-order valence-electron chi connectivity index (χ4n) is 6.60. The van der Waals surface area contributed by atoms with Gasteiger partial charge in [0.25, 0.3) is 0 Å². The van der Waals surface area contributed by atoms with E-state index in [-0.39, 0.29) is 11.9 Å². The lowest BCUT2D eigenvalue weighted by Gasteiger charge is -2.37. The molecule has 1 heterocycles. The predicted octanol–water partition coefficient (Wildman–Crippen LogP) is 9.80. The van der Waals surface area contributed by atoms with Crippen molar-refractivity contribution in [3.8, 4) is 5.75 Å². The van der Waals surface area contributed by atoms with Crippen LogP contribution in [0.3, 0.4) is 0 Å². The van der Waals surface area contributed by atoms with E-state index in [1.54, 1.807) is 30.3 Å². The summed E-state index contributed by atoms with van der Waals surface area (Å²) in [5.41, 5.74) is 0.837. The highest BCUT2D eigenvalue weighted by Crippen LogP contribution is 2.44. The van der Waals surface area contributed by atoms with E-state index in [9.17, 15) is 8.78 Å². The maximum atomic E-state index is 14.8. The van der Waals surface area contributed by atoms with Crippen LogP contribution in [0.4, 0.5) is 8.78 Å². The first-order valence-electron chi connectivity index (χ1n) is 14.7. The third-order valence-corrected chi connectivity index (χ3v) is 12.3. The van der Waals surface area contributed by atoms with Gasteiger partial charge in [0, 0.05) is 8.80 Å². The molecule has 1 saturated heterocycles. The monoisotopic (exact) mass is 492 g/mol. The smallest absolute Gasteiger partial charge is 0.191 e. The van der Waals surface area contributed by atoms with E-state index in [0.717, 1.165) is 49.5 Å². The molecule has 2 fully saturated rings. The highest BCUT2D eigenvalue weighted by molar-refractivity contribution is 6.58. The van der Waals surface area contributed by atoms with Crippen molar-refractivity contribution >= 4 is 8.80 Å². The number of hydrogen-bond donors (Lipinski definition) is 0. The second kappa shape index (κ2) is 14.6. The first-order chi connectivity index (χ1) is 16.5. The van der Waals surface area contributed by atoms with Crippen molar-refractivity contribution in [3.05, 3.63) is 29.3 Å². The Hall–Kier alpha value is -0.903. The highest BCUT2D eigenvalue weighted by atomic mass is 28.3. The van der Waals surface area contributed by atoms with Gasteiger partial charge in [0.2, 0.25) is 0 Å². The van der Waals surface area contributed by atoms with Gasteiger partial charge < -0.3 is 4.74 Å². The van der Waals surface area contributed by atoms with Crippen LogP contribution in [0.2, 0.25) is 18.1 Å². The van der Waals surface area contributed by atoms with E-state index in [1.807, 2.05) is 6.92 Å². The number of unbranched alkanes of at least 4 members (excludes halogenated alkanes) is 5. The van der Waals surface area contributed by atoms with Crippen LogP contribution >= 0.6 is 0 Å². The molecule has 1 nitrogen and oxygen atoms in total. The molecule has 0 amide bonds. The van der Waals surface area contributed by atoms with Crippen molar-refractivity contribution in [1.29, 1.82) is 0 Å². The van der Waals surface area contributed by atoms with Gasteiger partial charge in [0.1, 0.15) is 0 Å². The molecular formula is C30H50F2OSi. The van der Waals surface area contributed by atoms with Gasteiger partial charge >= 0.3 is 0 Å². The maximum absolute atomic E-state index is 14.8. The van der Waals surface area contributed by atoms with Crippen molar-refractivity contribution in [3.63, 3.8) is 0 Å². The van der Waals surface area contributed by atoms with E-state index in [1.165, 1.54) is 57.8 Å². The largest absolute Gasteiger partial charge is 0.485 e. The second-order valence-corrected chi connectivity index (χ2v) is 14.9. The fraction of sp³-hybridized carbons (Fsp3) is 0.800. The third kappa shape index (κ3) is 8.35. The first-order valence-corrected chi connectivity index (χ1v) is 17.1. The predicted molar refractivity (Wildman–Crippen MR) is 144 cm³/mol. The molecule has 1 saturated carbocycles. The van der Waals surface area contributed by atoms with Crippen LogP contribution in [0.15, 0.2) is 12.1 Å². The number of hydrogen-bond acceptors (Lipinski definition) is 1. The lowest BCUT2D eigenvalue weighted by atomic mass is 9.72. The molecule has 3 rings (SSSR count). The molecule has 0 bridgehead atoms. The summed E-state index contributed by atoms with van der Waals surface area (Å²) >= 11 is 0. The van der Waals surface area contributed by atoms with E-state index in [4.69, 9.17) is 4.74 Å². The Kier molecular flexibility index (Phi) is 11.9. The molecule has 1 aromatic rings. The molecule has 1 aliphatic carbocycles. The van der Waals surface area contributed by atoms with E-state index < -0.39 is 20.4 Å². The summed E-state index contributed by atoms with van der Waals surface area (Å²) in [6.45, 7) is 6.40. The molecule has 0 unspecified atom stereocenters. The standard InChI is InChI=1S/C30H50F2OSi/c1-4-6-8-9-11-23(3)33-30-28(31)21-27(22-29(30)32)25-14-12-24(13-15-25)26-16-19-34(20-17-26)18-10-7-5-2/h21-26,34H,4-20H2,1-3H3/t23-,24-,25-,26?,34?/m0/s1. The summed E-state index contributed by atoms with van der Waals surface area (Å²) in [4.78, 5) is 0. The summed E-state index contributed by atoms with van der Waals surface area (Å²) in [6.07, 6.45) is 17.0. The zero-order valence-corrected chi connectivity index (χ0v) is 23.4. The van der Waals surface area contributed by atoms with Crippen LogP contribution in [0.25, 0.3) is 0 Å². The van der Waals surface area contributed by atoms with Crippen molar-refractivity contribution < 1.29 is 13.5 Å².